The molecule has 0 aromatic rings. The molecule has 0 saturated carbocycles. The van der Waals surface area contributed by atoms with Crippen LogP contribution < -0.4 is 5.32 Å². The summed E-state index contributed by atoms with van der Waals surface area (Å²) in [6.45, 7) is 8.66. The van der Waals surface area contributed by atoms with E-state index in [1.807, 2.05) is 0 Å². The van der Waals surface area contributed by atoms with Crippen molar-refractivity contribution >= 4 is 11.8 Å². The molecule has 84 valence electrons. The van der Waals surface area contributed by atoms with Crippen LogP contribution in [0.5, 0.6) is 0 Å². The van der Waals surface area contributed by atoms with Gasteiger partial charge in [-0.15, -0.1) is 0 Å². The van der Waals surface area contributed by atoms with Gasteiger partial charge in [0.05, 0.1) is 6.10 Å². The average Bonchev–Trinajstić information content (AvgIpc) is 2.59. The second kappa shape index (κ2) is 6.70. The fourth-order valence-corrected chi connectivity index (χ4v) is 3.23. The van der Waals surface area contributed by atoms with Gasteiger partial charge in [0.25, 0.3) is 0 Å². The molecule has 0 radical (unpaired) electrons. The highest BCUT2D eigenvalue weighted by Crippen LogP contribution is 2.26. The highest BCUT2D eigenvalue weighted by atomic mass is 32.2. The van der Waals surface area contributed by atoms with Crippen molar-refractivity contribution in [3.8, 4) is 0 Å². The maximum Gasteiger partial charge on any atom is 0.0666 e. The Hall–Kier alpha value is 0.270. The number of hydrogen-bond acceptors (Lipinski definition) is 3. The Morgan fingerprint density at radius 2 is 2.29 bits per heavy atom. The molecule has 1 heterocycles. The van der Waals surface area contributed by atoms with Crippen molar-refractivity contribution in [2.45, 2.75) is 51.0 Å². The Labute approximate surface area is 92.2 Å². The molecule has 0 amide bonds. The second-order valence-corrected chi connectivity index (χ2v) is 5.17. The predicted octanol–water partition coefficient (Wildman–Crippen LogP) is 2.29. The van der Waals surface area contributed by atoms with E-state index in [0.717, 1.165) is 18.4 Å². The van der Waals surface area contributed by atoms with Gasteiger partial charge in [0.2, 0.25) is 0 Å². The van der Waals surface area contributed by atoms with Crippen LogP contribution in [-0.2, 0) is 4.74 Å². The summed E-state index contributed by atoms with van der Waals surface area (Å²) in [5.74, 6) is 1.22. The number of nitrogens with one attached hydrogen (secondary N) is 1. The Balaban J connectivity index is 2.17. The molecule has 0 spiro atoms. The van der Waals surface area contributed by atoms with E-state index in [1.54, 1.807) is 0 Å². The molecular weight excluding hydrogens is 194 g/mol. The van der Waals surface area contributed by atoms with Gasteiger partial charge in [-0.1, -0.05) is 13.8 Å². The molecule has 0 aromatic heterocycles. The van der Waals surface area contributed by atoms with E-state index in [-0.39, 0.29) is 0 Å². The zero-order chi connectivity index (χ0) is 10.4. The Morgan fingerprint density at radius 1 is 1.50 bits per heavy atom. The highest BCUT2D eigenvalue weighted by Gasteiger charge is 2.24. The van der Waals surface area contributed by atoms with Crippen LogP contribution in [0.4, 0.5) is 0 Å². The fraction of sp³-hybridized carbons (Fsp3) is 1.00. The summed E-state index contributed by atoms with van der Waals surface area (Å²) < 4.78 is 5.55. The van der Waals surface area contributed by atoms with E-state index in [0.29, 0.717) is 12.1 Å². The predicted molar refractivity (Wildman–Crippen MR) is 64.0 cm³/mol. The molecular formula is C11H23NOS. The molecule has 0 aromatic carbocycles. The first-order valence-electron chi connectivity index (χ1n) is 5.74. The summed E-state index contributed by atoms with van der Waals surface area (Å²) >= 11 is 2.08. The van der Waals surface area contributed by atoms with Crippen molar-refractivity contribution in [3.05, 3.63) is 0 Å². The van der Waals surface area contributed by atoms with Crippen LogP contribution in [0.15, 0.2) is 0 Å². The highest BCUT2D eigenvalue weighted by molar-refractivity contribution is 8.00. The third kappa shape index (κ3) is 3.79. The maximum absolute atomic E-state index is 5.55. The topological polar surface area (TPSA) is 21.3 Å². The van der Waals surface area contributed by atoms with Crippen molar-refractivity contribution in [1.82, 2.24) is 5.32 Å². The van der Waals surface area contributed by atoms with Crippen LogP contribution in [0.2, 0.25) is 0 Å². The number of hydrogen-bond donors (Lipinski definition) is 1. The minimum atomic E-state index is 0.458. The fourth-order valence-electron chi connectivity index (χ4n) is 1.78. The second-order valence-electron chi connectivity index (χ2n) is 3.90. The van der Waals surface area contributed by atoms with Gasteiger partial charge >= 0.3 is 0 Å². The first-order valence-corrected chi connectivity index (χ1v) is 6.79. The van der Waals surface area contributed by atoms with Gasteiger partial charge in [-0.25, -0.2) is 0 Å². The van der Waals surface area contributed by atoms with Crippen LogP contribution in [0.1, 0.15) is 33.6 Å². The van der Waals surface area contributed by atoms with Crippen molar-refractivity contribution in [1.29, 1.82) is 0 Å². The molecule has 1 aliphatic rings. The van der Waals surface area contributed by atoms with Gasteiger partial charge in [0, 0.05) is 23.7 Å². The molecule has 1 fully saturated rings. The monoisotopic (exact) mass is 217 g/mol. The zero-order valence-corrected chi connectivity index (χ0v) is 10.4. The standard InChI is InChI=1S/C11H23NOS/c1-4-10(12-5-2)8-14-11-6-7-13-9(11)3/h9-12H,4-8H2,1-3H3. The lowest BCUT2D eigenvalue weighted by Crippen LogP contribution is -2.31. The third-order valence-corrected chi connectivity index (χ3v) is 4.45. The van der Waals surface area contributed by atoms with Gasteiger partial charge in [-0.2, -0.15) is 11.8 Å². The third-order valence-electron chi connectivity index (χ3n) is 2.80. The Kier molecular flexibility index (Phi) is 5.90. The Bertz CT molecular complexity index is 154. The molecule has 1 aliphatic heterocycles. The first-order chi connectivity index (χ1) is 6.77. The Morgan fingerprint density at radius 3 is 2.79 bits per heavy atom. The molecule has 1 N–H and O–H groups in total. The van der Waals surface area contributed by atoms with E-state index in [9.17, 15) is 0 Å². The molecule has 1 saturated heterocycles. The molecule has 2 nitrogen and oxygen atoms in total. The normalized spacial score (nSPS) is 29.4. The summed E-state index contributed by atoms with van der Waals surface area (Å²) in [7, 11) is 0. The number of rotatable bonds is 6. The molecule has 0 aliphatic carbocycles. The van der Waals surface area contributed by atoms with Crippen LogP contribution in [0.25, 0.3) is 0 Å². The minimum Gasteiger partial charge on any atom is -0.377 e. The maximum atomic E-state index is 5.55. The van der Waals surface area contributed by atoms with Crippen molar-refractivity contribution < 1.29 is 4.74 Å². The smallest absolute Gasteiger partial charge is 0.0666 e. The van der Waals surface area contributed by atoms with Gasteiger partial charge in [0.15, 0.2) is 0 Å². The molecule has 3 heteroatoms. The van der Waals surface area contributed by atoms with Gasteiger partial charge in [-0.3, -0.25) is 0 Å². The minimum absolute atomic E-state index is 0.458. The van der Waals surface area contributed by atoms with Crippen molar-refractivity contribution in [3.63, 3.8) is 0 Å². The lowest BCUT2D eigenvalue weighted by molar-refractivity contribution is 0.127. The van der Waals surface area contributed by atoms with Crippen LogP contribution in [-0.4, -0.2) is 36.3 Å². The van der Waals surface area contributed by atoms with E-state index in [4.69, 9.17) is 4.74 Å². The van der Waals surface area contributed by atoms with E-state index in [1.165, 1.54) is 18.6 Å². The molecule has 3 unspecified atom stereocenters. The quantitative estimate of drug-likeness (QED) is 0.737. The molecule has 14 heavy (non-hydrogen) atoms. The number of thioether (sulfide) groups is 1. The van der Waals surface area contributed by atoms with Crippen LogP contribution in [0, 0.1) is 0 Å². The summed E-state index contributed by atoms with van der Waals surface area (Å²) in [6.07, 6.45) is 2.91. The van der Waals surface area contributed by atoms with Crippen LogP contribution >= 0.6 is 11.8 Å². The lowest BCUT2D eigenvalue weighted by Gasteiger charge is -2.19. The van der Waals surface area contributed by atoms with Gasteiger partial charge < -0.3 is 10.1 Å². The summed E-state index contributed by atoms with van der Waals surface area (Å²) in [6, 6.07) is 0.679. The first kappa shape index (κ1) is 12.3. The van der Waals surface area contributed by atoms with Gasteiger partial charge in [-0.05, 0) is 26.3 Å². The zero-order valence-electron chi connectivity index (χ0n) is 9.58. The average molecular weight is 217 g/mol. The summed E-state index contributed by atoms with van der Waals surface area (Å²) in [4.78, 5) is 0. The molecule has 3 atom stereocenters. The van der Waals surface area contributed by atoms with Gasteiger partial charge in [0.1, 0.15) is 0 Å². The van der Waals surface area contributed by atoms with Crippen molar-refractivity contribution in [2.75, 3.05) is 18.9 Å². The summed E-state index contributed by atoms with van der Waals surface area (Å²) in [5.41, 5.74) is 0. The molecule has 1 rings (SSSR count). The van der Waals surface area contributed by atoms with E-state index in [2.05, 4.69) is 37.8 Å². The van der Waals surface area contributed by atoms with E-state index < -0.39 is 0 Å². The van der Waals surface area contributed by atoms with Crippen molar-refractivity contribution in [2.24, 2.45) is 0 Å². The van der Waals surface area contributed by atoms with Crippen LogP contribution in [0.3, 0.4) is 0 Å². The largest absolute Gasteiger partial charge is 0.377 e. The van der Waals surface area contributed by atoms with E-state index >= 15 is 0 Å². The molecule has 0 bridgehead atoms. The number of ether oxygens (including phenoxy) is 1. The summed E-state index contributed by atoms with van der Waals surface area (Å²) in [5, 5.41) is 4.23. The SMILES string of the molecule is CCNC(CC)CSC1CCOC1C. The lowest BCUT2D eigenvalue weighted by atomic mass is 10.2.